The van der Waals surface area contributed by atoms with E-state index in [-0.39, 0.29) is 5.41 Å². The van der Waals surface area contributed by atoms with Crippen molar-refractivity contribution in [2.24, 2.45) is 5.41 Å². The molecule has 3 nitrogen and oxygen atoms in total. The van der Waals surface area contributed by atoms with Crippen LogP contribution in [0, 0.1) is 35.0 Å². The second kappa shape index (κ2) is 6.07. The van der Waals surface area contributed by atoms with Crippen molar-refractivity contribution < 1.29 is 0 Å². The first-order valence-electron chi connectivity index (χ1n) is 6.11. The van der Waals surface area contributed by atoms with Crippen molar-refractivity contribution in [1.29, 1.82) is 10.5 Å². The van der Waals surface area contributed by atoms with E-state index in [4.69, 9.17) is 10.5 Å². The summed E-state index contributed by atoms with van der Waals surface area (Å²) in [7, 11) is 0. The zero-order valence-electron chi connectivity index (χ0n) is 11.2. The lowest BCUT2D eigenvalue weighted by Crippen LogP contribution is -2.23. The lowest BCUT2D eigenvalue weighted by Gasteiger charge is -2.24. The van der Waals surface area contributed by atoms with Crippen molar-refractivity contribution >= 4 is 5.69 Å². The van der Waals surface area contributed by atoms with Gasteiger partial charge in [0.25, 0.3) is 0 Å². The number of rotatable bonds is 5. The molecule has 0 heterocycles. The third-order valence-corrected chi connectivity index (χ3v) is 3.06. The second-order valence-electron chi connectivity index (χ2n) is 5.29. The topological polar surface area (TPSA) is 59.6 Å². The van der Waals surface area contributed by atoms with Crippen molar-refractivity contribution in [2.75, 3.05) is 11.9 Å². The van der Waals surface area contributed by atoms with Gasteiger partial charge in [0.05, 0.1) is 17.3 Å². The Morgan fingerprint density at radius 1 is 1.28 bits per heavy atom. The molecule has 0 radical (unpaired) electrons. The summed E-state index contributed by atoms with van der Waals surface area (Å²) in [6, 6.07) is 10.2. The Morgan fingerprint density at radius 2 is 2.00 bits per heavy atom. The van der Waals surface area contributed by atoms with Crippen LogP contribution in [0.5, 0.6) is 0 Å². The number of hydrogen-bond acceptors (Lipinski definition) is 3. The van der Waals surface area contributed by atoms with E-state index in [9.17, 15) is 0 Å². The van der Waals surface area contributed by atoms with Crippen LogP contribution in [-0.2, 0) is 0 Å². The van der Waals surface area contributed by atoms with Gasteiger partial charge in [-0.05, 0) is 30.4 Å². The molecule has 0 spiro atoms. The summed E-state index contributed by atoms with van der Waals surface area (Å²) in [6.07, 6.45) is 1.41. The first-order valence-corrected chi connectivity index (χ1v) is 6.11. The normalized spacial score (nSPS) is 10.5. The Balaban J connectivity index is 2.73. The molecule has 0 aliphatic carbocycles. The van der Waals surface area contributed by atoms with Gasteiger partial charge in [-0.25, -0.2) is 0 Å². The highest BCUT2D eigenvalue weighted by Crippen LogP contribution is 2.25. The molecule has 0 aromatic heterocycles. The molecule has 3 heteroatoms. The molecule has 0 saturated heterocycles. The number of nitrogens with zero attached hydrogens (tertiary/aromatic N) is 2. The fourth-order valence-corrected chi connectivity index (χ4v) is 1.78. The van der Waals surface area contributed by atoms with Crippen LogP contribution in [0.2, 0.25) is 0 Å². The number of nitriles is 2. The van der Waals surface area contributed by atoms with Crippen molar-refractivity contribution in [3.63, 3.8) is 0 Å². The molecule has 0 unspecified atom stereocenters. The van der Waals surface area contributed by atoms with Gasteiger partial charge in [-0.15, -0.1) is 0 Å². The first-order chi connectivity index (χ1) is 8.50. The maximum atomic E-state index is 9.14. The summed E-state index contributed by atoms with van der Waals surface area (Å²) >= 11 is 0. The fraction of sp³-hybridized carbons (Fsp3) is 0.467. The smallest absolute Gasteiger partial charge is 0.102 e. The summed E-state index contributed by atoms with van der Waals surface area (Å²) in [4.78, 5) is 0. The number of hydrogen-bond donors (Lipinski definition) is 1. The Labute approximate surface area is 109 Å². The Kier molecular flexibility index (Phi) is 4.75. The van der Waals surface area contributed by atoms with Crippen LogP contribution in [-0.4, -0.2) is 6.54 Å². The molecule has 0 atom stereocenters. The first kappa shape index (κ1) is 14.1. The summed E-state index contributed by atoms with van der Waals surface area (Å²) < 4.78 is 0. The monoisotopic (exact) mass is 241 g/mol. The van der Waals surface area contributed by atoms with Crippen LogP contribution in [0.4, 0.5) is 5.69 Å². The number of aryl methyl sites for hydroxylation is 1. The molecule has 0 amide bonds. The lowest BCUT2D eigenvalue weighted by atomic mass is 9.88. The number of benzene rings is 1. The van der Waals surface area contributed by atoms with E-state index in [1.165, 1.54) is 0 Å². The zero-order chi connectivity index (χ0) is 13.6. The largest absolute Gasteiger partial charge is 0.383 e. The molecule has 1 aromatic carbocycles. The lowest BCUT2D eigenvalue weighted by molar-refractivity contribution is 0.364. The SMILES string of the molecule is Cc1cccc(NCC(C)(C)CCC#N)c1C#N. The fourth-order valence-electron chi connectivity index (χ4n) is 1.78. The number of nitrogens with one attached hydrogen (secondary N) is 1. The van der Waals surface area contributed by atoms with Crippen molar-refractivity contribution in [3.8, 4) is 12.1 Å². The van der Waals surface area contributed by atoms with Gasteiger partial charge in [-0.2, -0.15) is 10.5 Å². The molecule has 0 aliphatic heterocycles. The van der Waals surface area contributed by atoms with Crippen molar-refractivity contribution in [3.05, 3.63) is 29.3 Å². The van der Waals surface area contributed by atoms with E-state index in [1.807, 2.05) is 25.1 Å². The Hall–Kier alpha value is -2.00. The average molecular weight is 241 g/mol. The summed E-state index contributed by atoms with van der Waals surface area (Å²) in [5.74, 6) is 0. The van der Waals surface area contributed by atoms with E-state index in [1.54, 1.807) is 0 Å². The van der Waals surface area contributed by atoms with Crippen LogP contribution in [0.25, 0.3) is 0 Å². The van der Waals surface area contributed by atoms with E-state index < -0.39 is 0 Å². The minimum atomic E-state index is 0.0478. The van der Waals surface area contributed by atoms with Crippen LogP contribution in [0.3, 0.4) is 0 Å². The van der Waals surface area contributed by atoms with Gasteiger partial charge in [0, 0.05) is 13.0 Å². The Bertz CT molecular complexity index is 489. The van der Waals surface area contributed by atoms with E-state index in [0.717, 1.165) is 24.2 Å². The average Bonchev–Trinajstić information content (AvgIpc) is 2.34. The van der Waals surface area contributed by atoms with Crippen LogP contribution in [0.15, 0.2) is 18.2 Å². The van der Waals surface area contributed by atoms with Crippen molar-refractivity contribution in [1.82, 2.24) is 0 Å². The molecule has 1 N–H and O–H groups in total. The third-order valence-electron chi connectivity index (χ3n) is 3.06. The van der Waals surface area contributed by atoms with Gasteiger partial charge in [-0.1, -0.05) is 26.0 Å². The molecule has 0 fully saturated rings. The van der Waals surface area contributed by atoms with Crippen molar-refractivity contribution in [2.45, 2.75) is 33.6 Å². The molecule has 0 aliphatic rings. The van der Waals surface area contributed by atoms with Gasteiger partial charge in [0.15, 0.2) is 0 Å². The molecule has 1 aromatic rings. The molecular weight excluding hydrogens is 222 g/mol. The van der Waals surface area contributed by atoms with Gasteiger partial charge < -0.3 is 5.32 Å². The van der Waals surface area contributed by atoms with Gasteiger partial charge in [0.2, 0.25) is 0 Å². The van der Waals surface area contributed by atoms with Gasteiger partial charge >= 0.3 is 0 Å². The predicted octanol–water partition coefficient (Wildman–Crippen LogP) is 3.61. The molecule has 18 heavy (non-hydrogen) atoms. The van der Waals surface area contributed by atoms with Gasteiger partial charge in [0.1, 0.15) is 6.07 Å². The maximum absolute atomic E-state index is 9.14. The molecule has 0 saturated carbocycles. The highest BCUT2D eigenvalue weighted by atomic mass is 14.9. The quantitative estimate of drug-likeness (QED) is 0.856. The highest BCUT2D eigenvalue weighted by molar-refractivity contribution is 5.60. The molecular formula is C15H19N3. The standard InChI is InChI=1S/C15H19N3/c1-12-6-4-7-14(13(12)10-17)18-11-15(2,3)8-5-9-16/h4,6-7,18H,5,8,11H2,1-3H3. The summed E-state index contributed by atoms with van der Waals surface area (Å²) in [5.41, 5.74) is 2.61. The van der Waals surface area contributed by atoms with E-state index in [0.29, 0.717) is 12.0 Å². The van der Waals surface area contributed by atoms with E-state index >= 15 is 0 Å². The minimum Gasteiger partial charge on any atom is -0.383 e. The molecule has 1 rings (SSSR count). The van der Waals surface area contributed by atoms with E-state index in [2.05, 4.69) is 31.3 Å². The maximum Gasteiger partial charge on any atom is 0.102 e. The predicted molar refractivity (Wildman–Crippen MR) is 73.0 cm³/mol. The summed E-state index contributed by atoms with van der Waals surface area (Å²) in [6.45, 7) is 6.94. The minimum absolute atomic E-state index is 0.0478. The molecule has 0 bridgehead atoms. The third kappa shape index (κ3) is 3.79. The summed E-state index contributed by atoms with van der Waals surface area (Å²) in [5, 5.41) is 21.1. The van der Waals surface area contributed by atoms with Crippen LogP contribution >= 0.6 is 0 Å². The second-order valence-corrected chi connectivity index (χ2v) is 5.29. The Morgan fingerprint density at radius 3 is 2.61 bits per heavy atom. The molecule has 94 valence electrons. The van der Waals surface area contributed by atoms with Gasteiger partial charge in [-0.3, -0.25) is 0 Å². The van der Waals surface area contributed by atoms with Crippen LogP contribution in [0.1, 0.15) is 37.8 Å². The van der Waals surface area contributed by atoms with Crippen LogP contribution < -0.4 is 5.32 Å². The zero-order valence-corrected chi connectivity index (χ0v) is 11.2. The highest BCUT2D eigenvalue weighted by Gasteiger charge is 2.17. The number of anilines is 1.